The van der Waals surface area contributed by atoms with Gasteiger partial charge in [0.25, 0.3) is 5.91 Å². The summed E-state index contributed by atoms with van der Waals surface area (Å²) in [7, 11) is 1.91. The van der Waals surface area contributed by atoms with E-state index >= 15 is 0 Å². The van der Waals surface area contributed by atoms with Gasteiger partial charge in [0.15, 0.2) is 0 Å². The second-order valence-electron chi connectivity index (χ2n) is 6.98. The summed E-state index contributed by atoms with van der Waals surface area (Å²) in [5, 5.41) is 0.760. The molecular weight excluding hydrogens is 350 g/mol. The van der Waals surface area contributed by atoms with Crippen LogP contribution in [-0.2, 0) is 7.05 Å². The largest absolute Gasteiger partial charge is 0.347 e. The highest BCUT2D eigenvalue weighted by molar-refractivity contribution is 6.30. The van der Waals surface area contributed by atoms with Crippen LogP contribution in [0.2, 0.25) is 5.02 Å². The summed E-state index contributed by atoms with van der Waals surface area (Å²) >= 11 is 5.98. The van der Waals surface area contributed by atoms with Gasteiger partial charge in [0.05, 0.1) is 6.17 Å². The Morgan fingerprint density at radius 3 is 2.46 bits per heavy atom. The Labute approximate surface area is 158 Å². The number of carbonyl (C=O) groups excluding carboxylic acids is 1. The number of hydrazine groups is 1. The van der Waals surface area contributed by atoms with Crippen molar-refractivity contribution < 1.29 is 4.79 Å². The minimum Gasteiger partial charge on any atom is -0.347 e. The highest BCUT2D eigenvalue weighted by Gasteiger charge is 2.32. The van der Waals surface area contributed by atoms with E-state index in [4.69, 9.17) is 11.6 Å². The van der Waals surface area contributed by atoms with Gasteiger partial charge in [-0.1, -0.05) is 23.7 Å². The van der Waals surface area contributed by atoms with Gasteiger partial charge in [-0.25, -0.2) is 10.9 Å². The Hall–Kier alpha value is -1.86. The molecule has 2 aliphatic rings. The van der Waals surface area contributed by atoms with Gasteiger partial charge >= 0.3 is 0 Å². The molecule has 1 amide bonds. The Morgan fingerprint density at radius 1 is 1.08 bits per heavy atom. The number of amides is 1. The number of aryl methyl sites for hydroxylation is 1. The first-order valence-electron chi connectivity index (χ1n) is 9.03. The van der Waals surface area contributed by atoms with Gasteiger partial charge in [-0.05, 0) is 36.2 Å². The Balaban J connectivity index is 1.32. The van der Waals surface area contributed by atoms with Crippen LogP contribution in [0.3, 0.4) is 0 Å². The lowest BCUT2D eigenvalue weighted by molar-refractivity contribution is 0.0536. The van der Waals surface area contributed by atoms with Crippen LogP contribution < -0.4 is 10.9 Å². The molecule has 7 heteroatoms. The van der Waals surface area contributed by atoms with Gasteiger partial charge in [0.2, 0.25) is 0 Å². The Kier molecular flexibility index (Phi) is 5.00. The quantitative estimate of drug-likeness (QED) is 0.864. The highest BCUT2D eigenvalue weighted by Crippen LogP contribution is 2.25. The summed E-state index contributed by atoms with van der Waals surface area (Å²) in [4.78, 5) is 17.0. The zero-order chi connectivity index (χ0) is 18.1. The number of halogens is 1. The predicted molar refractivity (Wildman–Crippen MR) is 102 cm³/mol. The molecule has 138 valence electrons. The average Bonchev–Trinajstić information content (AvgIpc) is 3.31. The third-order valence-electron chi connectivity index (χ3n) is 5.36. The SMILES string of the molecule is Cn1cccc1C(=O)N1CCN(C2CC(c3ccc(Cl)cc3)NN2)CC1. The predicted octanol–water partition coefficient (Wildman–Crippen LogP) is 2.00. The molecule has 0 saturated carbocycles. The molecule has 2 unspecified atom stereocenters. The van der Waals surface area contributed by atoms with E-state index in [0.717, 1.165) is 43.3 Å². The lowest BCUT2D eigenvalue weighted by Gasteiger charge is -2.37. The summed E-state index contributed by atoms with van der Waals surface area (Å²) in [5.74, 6) is 0.119. The fourth-order valence-corrected chi connectivity index (χ4v) is 3.90. The van der Waals surface area contributed by atoms with E-state index in [2.05, 4.69) is 27.9 Å². The van der Waals surface area contributed by atoms with Crippen LogP contribution in [0.1, 0.15) is 28.5 Å². The smallest absolute Gasteiger partial charge is 0.270 e. The molecule has 2 atom stereocenters. The molecule has 2 N–H and O–H groups in total. The number of aromatic nitrogens is 1. The van der Waals surface area contributed by atoms with E-state index in [1.165, 1.54) is 5.56 Å². The van der Waals surface area contributed by atoms with Crippen LogP contribution in [0.15, 0.2) is 42.6 Å². The highest BCUT2D eigenvalue weighted by atomic mass is 35.5. The molecule has 4 rings (SSSR count). The Bertz CT molecular complexity index is 766. The number of rotatable bonds is 3. The van der Waals surface area contributed by atoms with Gasteiger partial charge in [-0.15, -0.1) is 0 Å². The van der Waals surface area contributed by atoms with Crippen LogP contribution in [0.5, 0.6) is 0 Å². The number of nitrogens with zero attached hydrogens (tertiary/aromatic N) is 3. The first-order valence-corrected chi connectivity index (χ1v) is 9.41. The van der Waals surface area contributed by atoms with Crippen molar-refractivity contribution in [3.63, 3.8) is 0 Å². The molecule has 0 bridgehead atoms. The molecule has 3 heterocycles. The van der Waals surface area contributed by atoms with Crippen LogP contribution in [-0.4, -0.2) is 52.6 Å². The van der Waals surface area contributed by atoms with Crippen LogP contribution in [0, 0.1) is 0 Å². The number of piperazine rings is 1. The summed E-state index contributed by atoms with van der Waals surface area (Å²) in [5.41, 5.74) is 8.78. The van der Waals surface area contributed by atoms with Crippen molar-refractivity contribution in [1.29, 1.82) is 0 Å². The molecule has 26 heavy (non-hydrogen) atoms. The number of benzene rings is 1. The van der Waals surface area contributed by atoms with Crippen LogP contribution in [0.4, 0.5) is 0 Å². The van der Waals surface area contributed by atoms with E-state index in [-0.39, 0.29) is 18.1 Å². The molecule has 0 radical (unpaired) electrons. The normalized spacial score (nSPS) is 24.2. The summed E-state index contributed by atoms with van der Waals surface area (Å²) in [6.45, 7) is 3.27. The molecule has 2 aromatic rings. The van der Waals surface area contributed by atoms with Crippen LogP contribution >= 0.6 is 11.6 Å². The molecule has 1 aromatic carbocycles. The van der Waals surface area contributed by atoms with E-state index in [0.29, 0.717) is 0 Å². The fourth-order valence-electron chi connectivity index (χ4n) is 3.77. The van der Waals surface area contributed by atoms with Crippen molar-refractivity contribution in [2.45, 2.75) is 18.6 Å². The molecule has 0 aliphatic carbocycles. The minimum absolute atomic E-state index is 0.119. The van der Waals surface area contributed by atoms with E-state index in [1.54, 1.807) is 0 Å². The molecule has 2 fully saturated rings. The lowest BCUT2D eigenvalue weighted by atomic mass is 10.0. The number of hydrogen-bond acceptors (Lipinski definition) is 4. The number of hydrogen-bond donors (Lipinski definition) is 2. The fraction of sp³-hybridized carbons (Fsp3) is 0.421. The molecule has 6 nitrogen and oxygen atoms in total. The van der Waals surface area contributed by atoms with E-state index in [1.807, 2.05) is 47.0 Å². The van der Waals surface area contributed by atoms with Gasteiger partial charge in [-0.2, -0.15) is 0 Å². The molecular formula is C19H24ClN5O. The summed E-state index contributed by atoms with van der Waals surface area (Å²) in [6, 6.07) is 12.1. The standard InChI is InChI=1S/C19H24ClN5O/c1-23-8-2-3-17(23)19(26)25-11-9-24(10-12-25)18-13-16(21-22-18)14-4-6-15(20)7-5-14/h2-8,16,18,21-22H,9-13H2,1H3. The second kappa shape index (κ2) is 7.40. The number of carbonyl (C=O) groups is 1. The van der Waals surface area contributed by atoms with Crippen molar-refractivity contribution in [3.8, 4) is 0 Å². The molecule has 1 aromatic heterocycles. The topological polar surface area (TPSA) is 52.5 Å². The Morgan fingerprint density at radius 2 is 1.81 bits per heavy atom. The molecule has 0 spiro atoms. The van der Waals surface area contributed by atoms with Crippen molar-refractivity contribution in [1.82, 2.24) is 25.2 Å². The van der Waals surface area contributed by atoms with Crippen molar-refractivity contribution in [2.75, 3.05) is 26.2 Å². The summed E-state index contributed by atoms with van der Waals surface area (Å²) < 4.78 is 1.88. The van der Waals surface area contributed by atoms with Gasteiger partial charge in [-0.3, -0.25) is 9.69 Å². The first kappa shape index (κ1) is 17.5. The minimum atomic E-state index is 0.119. The van der Waals surface area contributed by atoms with E-state index < -0.39 is 0 Å². The maximum atomic E-state index is 12.6. The van der Waals surface area contributed by atoms with Crippen molar-refractivity contribution in [3.05, 3.63) is 58.9 Å². The summed E-state index contributed by atoms with van der Waals surface area (Å²) in [6.07, 6.45) is 3.19. The van der Waals surface area contributed by atoms with Gasteiger partial charge in [0, 0.05) is 50.5 Å². The average molecular weight is 374 g/mol. The third-order valence-corrected chi connectivity index (χ3v) is 5.61. The zero-order valence-electron chi connectivity index (χ0n) is 14.9. The number of nitrogens with one attached hydrogen (secondary N) is 2. The second-order valence-corrected chi connectivity index (χ2v) is 7.41. The van der Waals surface area contributed by atoms with E-state index in [9.17, 15) is 4.79 Å². The zero-order valence-corrected chi connectivity index (χ0v) is 15.6. The lowest BCUT2D eigenvalue weighted by Crippen LogP contribution is -2.55. The molecule has 2 saturated heterocycles. The van der Waals surface area contributed by atoms with Crippen molar-refractivity contribution >= 4 is 17.5 Å². The monoisotopic (exact) mass is 373 g/mol. The maximum Gasteiger partial charge on any atom is 0.270 e. The maximum absolute atomic E-state index is 12.6. The van der Waals surface area contributed by atoms with Gasteiger partial charge < -0.3 is 9.47 Å². The van der Waals surface area contributed by atoms with Gasteiger partial charge in [0.1, 0.15) is 5.69 Å². The van der Waals surface area contributed by atoms with Crippen LogP contribution in [0.25, 0.3) is 0 Å². The third kappa shape index (κ3) is 3.50. The first-order chi connectivity index (χ1) is 12.6. The molecule has 2 aliphatic heterocycles. The van der Waals surface area contributed by atoms with Crippen molar-refractivity contribution in [2.24, 2.45) is 7.05 Å².